The Balaban J connectivity index is 2.97. The number of nitrogens with one attached hydrogen (secondary N) is 3. The van der Waals surface area contributed by atoms with Crippen molar-refractivity contribution in [2.45, 2.75) is 44.3 Å². The molecule has 30 heavy (non-hydrogen) atoms. The summed E-state index contributed by atoms with van der Waals surface area (Å²) in [6.45, 7) is 0.924. The van der Waals surface area contributed by atoms with Crippen molar-refractivity contribution in [3.05, 3.63) is 35.9 Å². The second kappa shape index (κ2) is 12.2. The Hall–Kier alpha value is -3.47. The Kier molecular flexibility index (Phi) is 9.97. The van der Waals surface area contributed by atoms with Crippen molar-refractivity contribution < 1.29 is 29.1 Å². The molecule has 8 N–H and O–H groups in total. The molecule has 0 heterocycles. The average molecular weight is 421 g/mol. The normalized spacial score (nSPS) is 13.4. The van der Waals surface area contributed by atoms with Crippen molar-refractivity contribution in [2.75, 3.05) is 6.54 Å². The molecule has 0 saturated carbocycles. The van der Waals surface area contributed by atoms with E-state index < -0.39 is 47.7 Å². The highest BCUT2D eigenvalue weighted by Gasteiger charge is 2.28. The summed E-state index contributed by atoms with van der Waals surface area (Å²) >= 11 is 0. The molecule has 11 nitrogen and oxygen atoms in total. The lowest BCUT2D eigenvalue weighted by molar-refractivity contribution is -0.142. The molecule has 0 aliphatic heterocycles. The summed E-state index contributed by atoms with van der Waals surface area (Å²) in [6.07, 6.45) is -0.214. The Morgan fingerprint density at radius 3 is 2.10 bits per heavy atom. The van der Waals surface area contributed by atoms with Crippen molar-refractivity contribution in [1.29, 1.82) is 0 Å². The number of hydrogen-bond acceptors (Lipinski definition) is 6. The van der Waals surface area contributed by atoms with E-state index in [9.17, 15) is 24.0 Å². The Morgan fingerprint density at radius 1 is 0.967 bits per heavy atom. The summed E-state index contributed by atoms with van der Waals surface area (Å²) in [7, 11) is 0. The van der Waals surface area contributed by atoms with Gasteiger partial charge < -0.3 is 32.5 Å². The molecular formula is C19H27N5O6. The van der Waals surface area contributed by atoms with Gasteiger partial charge in [-0.15, -0.1) is 0 Å². The molecule has 0 aromatic heterocycles. The summed E-state index contributed by atoms with van der Waals surface area (Å²) < 4.78 is 0. The van der Waals surface area contributed by atoms with Gasteiger partial charge in [-0.1, -0.05) is 30.3 Å². The largest absolute Gasteiger partial charge is 0.480 e. The van der Waals surface area contributed by atoms with Crippen LogP contribution in [-0.4, -0.2) is 59.4 Å². The number of hydrogen-bond donors (Lipinski definition) is 6. The number of rotatable bonds is 12. The van der Waals surface area contributed by atoms with Crippen LogP contribution in [0.25, 0.3) is 0 Å². The highest BCUT2D eigenvalue weighted by Crippen LogP contribution is 2.06. The van der Waals surface area contributed by atoms with Gasteiger partial charge in [0, 0.05) is 12.8 Å². The Bertz CT molecular complexity index is 770. The lowest BCUT2D eigenvalue weighted by Gasteiger charge is -2.23. The van der Waals surface area contributed by atoms with Gasteiger partial charge in [0.15, 0.2) is 0 Å². The Morgan fingerprint density at radius 2 is 1.57 bits per heavy atom. The SMILES string of the molecule is CC(NC(=O)C(CCC(N)=O)NC(=O)C(Cc1ccccc1)NC(=O)CN)C(=O)O. The number of carboxylic acid groups (broad SMARTS) is 1. The summed E-state index contributed by atoms with van der Waals surface area (Å²) in [5, 5.41) is 16.1. The molecule has 11 heteroatoms. The molecule has 3 atom stereocenters. The number of primary amides is 1. The van der Waals surface area contributed by atoms with E-state index in [4.69, 9.17) is 16.6 Å². The highest BCUT2D eigenvalue weighted by molar-refractivity contribution is 5.94. The fourth-order valence-corrected chi connectivity index (χ4v) is 2.52. The number of amides is 4. The van der Waals surface area contributed by atoms with Crippen molar-refractivity contribution in [3.63, 3.8) is 0 Å². The van der Waals surface area contributed by atoms with Crippen LogP contribution in [-0.2, 0) is 30.4 Å². The predicted octanol–water partition coefficient (Wildman–Crippen LogP) is -1.99. The van der Waals surface area contributed by atoms with E-state index in [0.29, 0.717) is 0 Å². The fraction of sp³-hybridized carbons (Fsp3) is 0.421. The monoisotopic (exact) mass is 421 g/mol. The second-order valence-corrected chi connectivity index (χ2v) is 6.65. The van der Waals surface area contributed by atoms with Crippen LogP contribution in [0.2, 0.25) is 0 Å². The van der Waals surface area contributed by atoms with Gasteiger partial charge in [0.2, 0.25) is 23.6 Å². The minimum atomic E-state index is -1.26. The molecule has 0 bridgehead atoms. The number of aliphatic carboxylic acids is 1. The van der Waals surface area contributed by atoms with Crippen LogP contribution in [0.1, 0.15) is 25.3 Å². The van der Waals surface area contributed by atoms with Gasteiger partial charge in [-0.25, -0.2) is 0 Å². The quantitative estimate of drug-likeness (QED) is 0.225. The molecule has 1 rings (SSSR count). The number of benzene rings is 1. The first-order chi connectivity index (χ1) is 14.1. The standard InChI is InChI=1S/C19H27N5O6/c1-11(19(29)30)22-17(27)13(7-8-15(21)25)24-18(28)14(23-16(26)10-20)9-12-5-3-2-4-6-12/h2-6,11,13-14H,7-10,20H2,1H3,(H2,21,25)(H,22,27)(H,23,26)(H,24,28)(H,29,30). The van der Waals surface area contributed by atoms with Gasteiger partial charge in [-0.05, 0) is 18.9 Å². The van der Waals surface area contributed by atoms with Gasteiger partial charge in [0.25, 0.3) is 0 Å². The summed E-state index contributed by atoms with van der Waals surface area (Å²) in [4.78, 5) is 59.1. The third-order valence-corrected chi connectivity index (χ3v) is 4.16. The molecule has 0 aliphatic rings. The lowest BCUT2D eigenvalue weighted by Crippen LogP contribution is -2.56. The second-order valence-electron chi connectivity index (χ2n) is 6.65. The molecule has 1 aromatic rings. The molecule has 1 aromatic carbocycles. The maximum Gasteiger partial charge on any atom is 0.325 e. The van der Waals surface area contributed by atoms with E-state index in [1.54, 1.807) is 30.3 Å². The molecule has 3 unspecified atom stereocenters. The topological polar surface area (TPSA) is 194 Å². The first-order valence-electron chi connectivity index (χ1n) is 9.29. The van der Waals surface area contributed by atoms with Crippen molar-refractivity contribution >= 4 is 29.6 Å². The van der Waals surface area contributed by atoms with Gasteiger partial charge >= 0.3 is 5.97 Å². The molecule has 0 saturated heterocycles. The number of carboxylic acids is 1. The van der Waals surface area contributed by atoms with Gasteiger partial charge in [-0.2, -0.15) is 0 Å². The summed E-state index contributed by atoms with van der Waals surface area (Å²) in [5.41, 5.74) is 11.2. The minimum Gasteiger partial charge on any atom is -0.480 e. The zero-order valence-corrected chi connectivity index (χ0v) is 16.6. The van der Waals surface area contributed by atoms with Crippen LogP contribution in [0.4, 0.5) is 0 Å². The summed E-state index contributed by atoms with van der Waals surface area (Å²) in [6, 6.07) is 5.40. The zero-order chi connectivity index (χ0) is 22.7. The Labute approximate surface area is 173 Å². The molecular weight excluding hydrogens is 394 g/mol. The first kappa shape index (κ1) is 24.6. The highest BCUT2D eigenvalue weighted by atomic mass is 16.4. The van der Waals surface area contributed by atoms with E-state index >= 15 is 0 Å². The average Bonchev–Trinajstić information content (AvgIpc) is 2.70. The maximum atomic E-state index is 12.8. The molecule has 4 amide bonds. The third-order valence-electron chi connectivity index (χ3n) is 4.16. The van der Waals surface area contributed by atoms with E-state index in [2.05, 4.69) is 16.0 Å². The zero-order valence-electron chi connectivity index (χ0n) is 16.6. The lowest BCUT2D eigenvalue weighted by atomic mass is 10.0. The van der Waals surface area contributed by atoms with Crippen LogP contribution >= 0.6 is 0 Å². The van der Waals surface area contributed by atoms with Crippen LogP contribution in [0, 0.1) is 0 Å². The van der Waals surface area contributed by atoms with Crippen LogP contribution in [0.5, 0.6) is 0 Å². The van der Waals surface area contributed by atoms with E-state index in [-0.39, 0.29) is 25.8 Å². The van der Waals surface area contributed by atoms with Crippen molar-refractivity contribution in [2.24, 2.45) is 11.5 Å². The van der Waals surface area contributed by atoms with Crippen LogP contribution in [0.3, 0.4) is 0 Å². The first-order valence-corrected chi connectivity index (χ1v) is 9.29. The molecule has 0 fully saturated rings. The fourth-order valence-electron chi connectivity index (χ4n) is 2.52. The van der Waals surface area contributed by atoms with Crippen LogP contribution < -0.4 is 27.4 Å². The van der Waals surface area contributed by atoms with E-state index in [1.807, 2.05) is 0 Å². The molecule has 0 aliphatic carbocycles. The minimum absolute atomic E-state index is 0.133. The van der Waals surface area contributed by atoms with Gasteiger partial charge in [0.1, 0.15) is 18.1 Å². The molecule has 164 valence electrons. The maximum absolute atomic E-state index is 12.8. The van der Waals surface area contributed by atoms with E-state index in [1.165, 1.54) is 6.92 Å². The molecule has 0 radical (unpaired) electrons. The van der Waals surface area contributed by atoms with Gasteiger partial charge in [0.05, 0.1) is 6.54 Å². The molecule has 0 spiro atoms. The van der Waals surface area contributed by atoms with Crippen LogP contribution in [0.15, 0.2) is 30.3 Å². The van der Waals surface area contributed by atoms with Gasteiger partial charge in [-0.3, -0.25) is 24.0 Å². The third kappa shape index (κ3) is 8.69. The van der Waals surface area contributed by atoms with Crippen molar-refractivity contribution in [3.8, 4) is 0 Å². The number of carbonyl (C=O) groups is 5. The van der Waals surface area contributed by atoms with E-state index in [0.717, 1.165) is 5.56 Å². The van der Waals surface area contributed by atoms with Crippen molar-refractivity contribution in [1.82, 2.24) is 16.0 Å². The number of carbonyl (C=O) groups excluding carboxylic acids is 4. The number of nitrogens with two attached hydrogens (primary N) is 2. The predicted molar refractivity (Wildman–Crippen MR) is 107 cm³/mol. The summed E-state index contributed by atoms with van der Waals surface area (Å²) in [5.74, 6) is -3.99. The smallest absolute Gasteiger partial charge is 0.325 e.